The molecule has 0 aliphatic heterocycles. The first-order valence-corrected chi connectivity index (χ1v) is 7.59. The van der Waals surface area contributed by atoms with Gasteiger partial charge in [-0.1, -0.05) is 42.5 Å². The lowest BCUT2D eigenvalue weighted by Gasteiger charge is -2.11. The summed E-state index contributed by atoms with van der Waals surface area (Å²) in [5.41, 5.74) is 10.1. The fourth-order valence-electron chi connectivity index (χ4n) is 2.63. The van der Waals surface area contributed by atoms with Crippen LogP contribution in [0.2, 0.25) is 0 Å². The third-order valence-electron chi connectivity index (χ3n) is 3.84. The summed E-state index contributed by atoms with van der Waals surface area (Å²) in [5.74, 6) is 1.03. The first kappa shape index (κ1) is 15.6. The molecule has 118 valence electrons. The van der Waals surface area contributed by atoms with E-state index in [2.05, 4.69) is 11.1 Å². The van der Waals surface area contributed by atoms with Gasteiger partial charge in [-0.25, -0.2) is 4.98 Å². The normalized spacial score (nSPS) is 10.2. The molecule has 3 aromatic rings. The maximum atomic E-state index is 9.45. The average molecular weight is 315 g/mol. The van der Waals surface area contributed by atoms with E-state index in [1.165, 1.54) is 0 Å². The monoisotopic (exact) mass is 315 g/mol. The summed E-state index contributed by atoms with van der Waals surface area (Å²) in [7, 11) is 1.62. The van der Waals surface area contributed by atoms with Gasteiger partial charge < -0.3 is 10.5 Å². The van der Waals surface area contributed by atoms with Crippen molar-refractivity contribution in [3.8, 4) is 22.9 Å². The van der Waals surface area contributed by atoms with Crippen LogP contribution in [0.5, 0.6) is 5.75 Å². The van der Waals surface area contributed by atoms with Crippen molar-refractivity contribution in [2.45, 2.75) is 6.42 Å². The van der Waals surface area contributed by atoms with E-state index in [9.17, 15) is 5.26 Å². The molecule has 1 heterocycles. The van der Waals surface area contributed by atoms with E-state index in [1.54, 1.807) is 7.11 Å². The number of rotatable bonds is 4. The van der Waals surface area contributed by atoms with Crippen molar-refractivity contribution in [1.29, 1.82) is 5.26 Å². The summed E-state index contributed by atoms with van der Waals surface area (Å²) >= 11 is 0. The molecule has 0 radical (unpaired) electrons. The maximum absolute atomic E-state index is 9.45. The van der Waals surface area contributed by atoms with Crippen LogP contribution in [0.4, 0.5) is 5.82 Å². The van der Waals surface area contributed by atoms with Gasteiger partial charge in [0.1, 0.15) is 23.2 Å². The molecule has 24 heavy (non-hydrogen) atoms. The molecule has 4 heteroatoms. The second-order valence-electron chi connectivity index (χ2n) is 5.42. The summed E-state index contributed by atoms with van der Waals surface area (Å²) < 4.78 is 5.19. The minimum Gasteiger partial charge on any atom is -0.497 e. The maximum Gasteiger partial charge on any atom is 0.142 e. The molecule has 0 unspecified atom stereocenters. The minimum atomic E-state index is 0.261. The molecule has 3 rings (SSSR count). The third-order valence-corrected chi connectivity index (χ3v) is 3.84. The molecule has 2 aromatic carbocycles. The van der Waals surface area contributed by atoms with Crippen molar-refractivity contribution in [2.75, 3.05) is 12.8 Å². The first-order chi connectivity index (χ1) is 11.7. The highest BCUT2D eigenvalue weighted by atomic mass is 16.5. The SMILES string of the molecule is COc1ccc(-c2cc(Cc3ccccc3)nc(N)c2C#N)cc1. The van der Waals surface area contributed by atoms with Gasteiger partial charge in [-0.05, 0) is 29.3 Å². The Hall–Kier alpha value is -3.32. The Morgan fingerprint density at radius 3 is 2.42 bits per heavy atom. The standard InChI is InChI=1S/C20H17N3O/c1-24-17-9-7-15(8-10-17)18-12-16(23-20(22)19(18)13-21)11-14-5-3-2-4-6-14/h2-10,12H,11H2,1H3,(H2,22,23). The van der Waals surface area contributed by atoms with Crippen molar-refractivity contribution in [3.63, 3.8) is 0 Å². The summed E-state index contributed by atoms with van der Waals surface area (Å²) in [6, 6.07) is 21.7. The summed E-state index contributed by atoms with van der Waals surface area (Å²) in [4.78, 5) is 4.39. The number of benzene rings is 2. The van der Waals surface area contributed by atoms with E-state index in [0.717, 1.165) is 28.1 Å². The molecular weight excluding hydrogens is 298 g/mol. The Bertz CT molecular complexity index is 881. The molecule has 0 saturated heterocycles. The lowest BCUT2D eigenvalue weighted by atomic mass is 9.98. The van der Waals surface area contributed by atoms with E-state index >= 15 is 0 Å². The number of hydrogen-bond acceptors (Lipinski definition) is 4. The van der Waals surface area contributed by atoms with Crippen molar-refractivity contribution in [3.05, 3.63) is 77.5 Å². The van der Waals surface area contributed by atoms with Crippen molar-refractivity contribution in [1.82, 2.24) is 4.98 Å². The van der Waals surface area contributed by atoms with Gasteiger partial charge in [0.05, 0.1) is 7.11 Å². The Balaban J connectivity index is 2.04. The van der Waals surface area contributed by atoms with Gasteiger partial charge in [-0.2, -0.15) is 5.26 Å². The second kappa shape index (κ2) is 6.84. The van der Waals surface area contributed by atoms with Crippen LogP contribution in [0.3, 0.4) is 0 Å². The van der Waals surface area contributed by atoms with E-state index in [1.807, 2.05) is 60.7 Å². The number of methoxy groups -OCH3 is 1. The van der Waals surface area contributed by atoms with Gasteiger partial charge in [0.25, 0.3) is 0 Å². The summed E-state index contributed by atoms with van der Waals surface area (Å²) in [6.07, 6.45) is 0.667. The zero-order chi connectivity index (χ0) is 16.9. The van der Waals surface area contributed by atoms with Gasteiger partial charge in [-0.15, -0.1) is 0 Å². The van der Waals surface area contributed by atoms with Crippen molar-refractivity contribution >= 4 is 5.82 Å². The van der Waals surface area contributed by atoms with Crippen molar-refractivity contribution in [2.24, 2.45) is 0 Å². The van der Waals surface area contributed by atoms with Gasteiger partial charge in [0, 0.05) is 17.7 Å². The lowest BCUT2D eigenvalue weighted by molar-refractivity contribution is 0.415. The number of anilines is 1. The number of nitrogens with two attached hydrogens (primary N) is 1. The molecule has 0 saturated carbocycles. The quantitative estimate of drug-likeness (QED) is 0.795. The Morgan fingerprint density at radius 1 is 1.08 bits per heavy atom. The number of aromatic nitrogens is 1. The number of pyridine rings is 1. The highest BCUT2D eigenvalue weighted by molar-refractivity contribution is 5.76. The number of nitrogens with zero attached hydrogens (tertiary/aromatic N) is 2. The number of ether oxygens (including phenoxy) is 1. The first-order valence-electron chi connectivity index (χ1n) is 7.59. The van der Waals surface area contributed by atoms with Gasteiger partial charge in [-0.3, -0.25) is 0 Å². The van der Waals surface area contributed by atoms with Gasteiger partial charge >= 0.3 is 0 Å². The molecule has 1 aromatic heterocycles. The smallest absolute Gasteiger partial charge is 0.142 e. The van der Waals surface area contributed by atoms with Gasteiger partial charge in [0.15, 0.2) is 0 Å². The minimum absolute atomic E-state index is 0.261. The fourth-order valence-corrected chi connectivity index (χ4v) is 2.63. The van der Waals surface area contributed by atoms with Crippen LogP contribution in [-0.4, -0.2) is 12.1 Å². The lowest BCUT2D eigenvalue weighted by Crippen LogP contribution is -2.02. The molecule has 0 amide bonds. The van der Waals surface area contributed by atoms with Crippen LogP contribution in [0, 0.1) is 11.3 Å². The highest BCUT2D eigenvalue weighted by Crippen LogP contribution is 2.29. The summed E-state index contributed by atoms with van der Waals surface area (Å²) in [6.45, 7) is 0. The highest BCUT2D eigenvalue weighted by Gasteiger charge is 2.12. The topological polar surface area (TPSA) is 71.9 Å². The van der Waals surface area contributed by atoms with Crippen LogP contribution in [0.1, 0.15) is 16.8 Å². The predicted molar refractivity (Wildman–Crippen MR) is 94.6 cm³/mol. The second-order valence-corrected chi connectivity index (χ2v) is 5.42. The van der Waals surface area contributed by atoms with Crippen LogP contribution >= 0.6 is 0 Å². The molecule has 0 bridgehead atoms. The Labute approximate surface area is 141 Å². The average Bonchev–Trinajstić information content (AvgIpc) is 2.62. The van der Waals surface area contributed by atoms with Gasteiger partial charge in [0.2, 0.25) is 0 Å². The molecule has 2 N–H and O–H groups in total. The molecular formula is C20H17N3O. The Morgan fingerprint density at radius 2 is 1.79 bits per heavy atom. The van der Waals surface area contributed by atoms with Crippen LogP contribution in [0.15, 0.2) is 60.7 Å². The van der Waals surface area contributed by atoms with E-state index in [4.69, 9.17) is 10.5 Å². The van der Waals surface area contributed by atoms with E-state index < -0.39 is 0 Å². The Kier molecular flexibility index (Phi) is 4.44. The number of nitrogen functional groups attached to an aromatic ring is 1. The zero-order valence-corrected chi connectivity index (χ0v) is 13.4. The van der Waals surface area contributed by atoms with Crippen LogP contribution in [-0.2, 0) is 6.42 Å². The molecule has 0 spiro atoms. The summed E-state index contributed by atoms with van der Waals surface area (Å²) in [5, 5.41) is 9.45. The van der Waals surface area contributed by atoms with E-state index in [-0.39, 0.29) is 5.82 Å². The molecule has 0 fully saturated rings. The fraction of sp³-hybridized carbons (Fsp3) is 0.100. The third kappa shape index (κ3) is 3.21. The van der Waals surface area contributed by atoms with Crippen LogP contribution in [0.25, 0.3) is 11.1 Å². The molecule has 0 aliphatic carbocycles. The zero-order valence-electron chi connectivity index (χ0n) is 13.4. The van der Waals surface area contributed by atoms with Crippen molar-refractivity contribution < 1.29 is 4.74 Å². The molecule has 0 aliphatic rings. The largest absolute Gasteiger partial charge is 0.497 e. The number of hydrogen-bond donors (Lipinski definition) is 1. The predicted octanol–water partition coefficient (Wildman–Crippen LogP) is 3.80. The van der Waals surface area contributed by atoms with E-state index in [0.29, 0.717) is 12.0 Å². The number of nitriles is 1. The molecule has 0 atom stereocenters. The molecule has 4 nitrogen and oxygen atoms in total. The van der Waals surface area contributed by atoms with Crippen LogP contribution < -0.4 is 10.5 Å².